The molecule has 0 unspecified atom stereocenters. The van der Waals surface area contributed by atoms with Crippen LogP contribution in [0.3, 0.4) is 0 Å². The number of rotatable bonds is 8. The maximum atomic E-state index is 13.1. The van der Waals surface area contributed by atoms with E-state index in [0.29, 0.717) is 17.9 Å². The summed E-state index contributed by atoms with van der Waals surface area (Å²) in [6.07, 6.45) is 1.65. The maximum absolute atomic E-state index is 13.1. The molecule has 6 heteroatoms. The molecule has 0 aliphatic rings. The zero-order valence-corrected chi connectivity index (χ0v) is 14.6. The van der Waals surface area contributed by atoms with Crippen molar-refractivity contribution in [2.24, 2.45) is 0 Å². The maximum Gasteiger partial charge on any atom is 0.216 e. The first-order valence-corrected chi connectivity index (χ1v) is 8.28. The number of nitrogens with one attached hydrogen (secondary N) is 1. The van der Waals surface area contributed by atoms with E-state index >= 15 is 0 Å². The third kappa shape index (κ3) is 6.19. The van der Waals surface area contributed by atoms with Crippen LogP contribution >= 0.6 is 11.6 Å². The Kier molecular flexibility index (Phi) is 6.95. The van der Waals surface area contributed by atoms with E-state index in [1.54, 1.807) is 12.1 Å². The average Bonchev–Trinajstić information content (AvgIpc) is 2.60. The molecule has 0 aliphatic heterocycles. The van der Waals surface area contributed by atoms with E-state index in [1.807, 2.05) is 12.1 Å². The first-order valence-electron chi connectivity index (χ1n) is 7.90. The van der Waals surface area contributed by atoms with Crippen LogP contribution in [0.15, 0.2) is 42.5 Å². The fourth-order valence-electron chi connectivity index (χ4n) is 2.21. The molecule has 0 radical (unpaired) electrons. The van der Waals surface area contributed by atoms with Crippen molar-refractivity contribution in [2.45, 2.75) is 19.8 Å². The van der Waals surface area contributed by atoms with Crippen LogP contribution in [-0.4, -0.2) is 24.8 Å². The number of amides is 1. The number of benzene rings is 2. The Morgan fingerprint density at radius 3 is 2.52 bits per heavy atom. The summed E-state index contributed by atoms with van der Waals surface area (Å²) in [5, 5.41) is 2.70. The minimum Gasteiger partial charge on any atom is -0.485 e. The third-order valence-electron chi connectivity index (χ3n) is 3.55. The number of ketones is 1. The highest BCUT2D eigenvalue weighted by atomic mass is 35.5. The molecule has 4 nitrogen and oxygen atoms in total. The Morgan fingerprint density at radius 2 is 1.88 bits per heavy atom. The SMILES string of the molecule is CC(=O)NCCCc1ccc(C(=O)COc2ccc(F)c(Cl)c2)cc1. The minimum atomic E-state index is -0.533. The van der Waals surface area contributed by atoms with E-state index in [1.165, 1.54) is 25.1 Å². The van der Waals surface area contributed by atoms with Gasteiger partial charge in [-0.05, 0) is 30.5 Å². The summed E-state index contributed by atoms with van der Waals surface area (Å²) < 4.78 is 18.4. The predicted octanol–water partition coefficient (Wildman–Crippen LogP) is 3.81. The van der Waals surface area contributed by atoms with Crippen LogP contribution in [0.25, 0.3) is 0 Å². The molecule has 25 heavy (non-hydrogen) atoms. The zero-order chi connectivity index (χ0) is 18.2. The van der Waals surface area contributed by atoms with Gasteiger partial charge in [0.1, 0.15) is 11.6 Å². The molecule has 0 atom stereocenters. The fourth-order valence-corrected chi connectivity index (χ4v) is 2.38. The van der Waals surface area contributed by atoms with Crippen molar-refractivity contribution in [3.8, 4) is 5.75 Å². The molecular formula is C19H19ClFNO3. The predicted molar refractivity (Wildman–Crippen MR) is 94.7 cm³/mol. The standard InChI is InChI=1S/C19H19ClFNO3/c1-13(23)22-10-2-3-14-4-6-15(7-5-14)19(24)12-25-16-8-9-18(21)17(20)11-16/h4-9,11H,2-3,10,12H2,1H3,(H,22,23). The normalized spacial score (nSPS) is 10.4. The molecule has 1 amide bonds. The van der Waals surface area contributed by atoms with E-state index in [-0.39, 0.29) is 23.3 Å². The van der Waals surface area contributed by atoms with Gasteiger partial charge in [0.25, 0.3) is 0 Å². The van der Waals surface area contributed by atoms with E-state index in [4.69, 9.17) is 16.3 Å². The molecular weight excluding hydrogens is 345 g/mol. The van der Waals surface area contributed by atoms with Gasteiger partial charge in [-0.3, -0.25) is 9.59 Å². The average molecular weight is 364 g/mol. The van der Waals surface area contributed by atoms with Gasteiger partial charge in [0, 0.05) is 25.1 Å². The van der Waals surface area contributed by atoms with Gasteiger partial charge >= 0.3 is 0 Å². The van der Waals surface area contributed by atoms with E-state index < -0.39 is 5.82 Å². The molecule has 0 fully saturated rings. The summed E-state index contributed by atoms with van der Waals surface area (Å²) in [7, 11) is 0. The van der Waals surface area contributed by atoms with Gasteiger partial charge in [-0.2, -0.15) is 0 Å². The van der Waals surface area contributed by atoms with Gasteiger partial charge < -0.3 is 10.1 Å². The first kappa shape index (κ1) is 18.9. The molecule has 0 bridgehead atoms. The molecule has 0 saturated carbocycles. The van der Waals surface area contributed by atoms with Gasteiger partial charge in [0.05, 0.1) is 5.02 Å². The lowest BCUT2D eigenvalue weighted by atomic mass is 10.1. The van der Waals surface area contributed by atoms with Gasteiger partial charge in [-0.15, -0.1) is 0 Å². The van der Waals surface area contributed by atoms with Crippen LogP contribution in [0.4, 0.5) is 4.39 Å². The van der Waals surface area contributed by atoms with Gasteiger partial charge in [-0.25, -0.2) is 4.39 Å². The Bertz CT molecular complexity index is 747. The van der Waals surface area contributed by atoms with Crippen LogP contribution < -0.4 is 10.1 Å². The zero-order valence-electron chi connectivity index (χ0n) is 13.9. The van der Waals surface area contributed by atoms with Crippen molar-refractivity contribution in [1.29, 1.82) is 0 Å². The molecule has 0 aliphatic carbocycles. The van der Waals surface area contributed by atoms with Crippen LogP contribution in [0.2, 0.25) is 5.02 Å². The Hall–Kier alpha value is -2.40. The molecule has 1 N–H and O–H groups in total. The van der Waals surface area contributed by atoms with Crippen molar-refractivity contribution >= 4 is 23.3 Å². The summed E-state index contributed by atoms with van der Waals surface area (Å²) in [6.45, 7) is 1.97. The summed E-state index contributed by atoms with van der Waals surface area (Å²) in [5.41, 5.74) is 1.63. The lowest BCUT2D eigenvalue weighted by Gasteiger charge is -2.07. The molecule has 0 saturated heterocycles. The Balaban J connectivity index is 1.83. The van der Waals surface area contributed by atoms with Gasteiger partial charge in [0.2, 0.25) is 5.91 Å². The second kappa shape index (κ2) is 9.18. The largest absolute Gasteiger partial charge is 0.485 e. The lowest BCUT2D eigenvalue weighted by Crippen LogP contribution is -2.21. The number of hydrogen-bond acceptors (Lipinski definition) is 3. The quantitative estimate of drug-likeness (QED) is 0.573. The second-order valence-corrected chi connectivity index (χ2v) is 5.98. The van der Waals surface area contributed by atoms with Crippen molar-refractivity contribution in [3.63, 3.8) is 0 Å². The molecule has 2 aromatic carbocycles. The molecule has 0 aromatic heterocycles. The summed E-state index contributed by atoms with van der Waals surface area (Å²) in [5.74, 6) is -0.405. The van der Waals surface area contributed by atoms with Crippen LogP contribution in [0.5, 0.6) is 5.75 Å². The van der Waals surface area contributed by atoms with E-state index in [2.05, 4.69) is 5.32 Å². The fraction of sp³-hybridized carbons (Fsp3) is 0.263. The van der Waals surface area contributed by atoms with E-state index in [0.717, 1.165) is 18.4 Å². The molecule has 132 valence electrons. The van der Waals surface area contributed by atoms with Crippen LogP contribution in [0.1, 0.15) is 29.3 Å². The summed E-state index contributed by atoms with van der Waals surface area (Å²) in [6, 6.07) is 11.2. The number of carbonyl (C=O) groups is 2. The van der Waals surface area contributed by atoms with Gasteiger partial charge in [-0.1, -0.05) is 35.9 Å². The van der Waals surface area contributed by atoms with Crippen molar-refractivity contribution < 1.29 is 18.7 Å². The number of ether oxygens (including phenoxy) is 1. The third-order valence-corrected chi connectivity index (χ3v) is 3.84. The highest BCUT2D eigenvalue weighted by Crippen LogP contribution is 2.21. The minimum absolute atomic E-state index is 0.0385. The highest BCUT2D eigenvalue weighted by molar-refractivity contribution is 6.30. The van der Waals surface area contributed by atoms with Crippen molar-refractivity contribution in [3.05, 3.63) is 64.4 Å². The first-order chi connectivity index (χ1) is 12.0. The topological polar surface area (TPSA) is 55.4 Å². The summed E-state index contributed by atoms with van der Waals surface area (Å²) in [4.78, 5) is 22.9. The Morgan fingerprint density at radius 1 is 1.16 bits per heavy atom. The molecule has 2 rings (SSSR count). The molecule has 0 heterocycles. The second-order valence-electron chi connectivity index (χ2n) is 5.57. The van der Waals surface area contributed by atoms with Crippen molar-refractivity contribution in [2.75, 3.05) is 13.2 Å². The van der Waals surface area contributed by atoms with Crippen LogP contribution in [0, 0.1) is 5.82 Å². The molecule has 2 aromatic rings. The molecule has 0 spiro atoms. The van der Waals surface area contributed by atoms with E-state index in [9.17, 15) is 14.0 Å². The number of hydrogen-bond donors (Lipinski definition) is 1. The van der Waals surface area contributed by atoms with Crippen LogP contribution in [-0.2, 0) is 11.2 Å². The number of carbonyl (C=O) groups excluding carboxylic acids is 2. The number of aryl methyl sites for hydroxylation is 1. The Labute approximate surface area is 150 Å². The van der Waals surface area contributed by atoms with Gasteiger partial charge in [0.15, 0.2) is 12.4 Å². The lowest BCUT2D eigenvalue weighted by molar-refractivity contribution is -0.118. The number of halogens is 2. The van der Waals surface area contributed by atoms with Crippen molar-refractivity contribution in [1.82, 2.24) is 5.32 Å². The smallest absolute Gasteiger partial charge is 0.216 e. The number of Topliss-reactive ketones (excluding diaryl/α,β-unsaturated/α-hetero) is 1. The monoisotopic (exact) mass is 363 g/mol. The summed E-state index contributed by atoms with van der Waals surface area (Å²) >= 11 is 5.67. The highest BCUT2D eigenvalue weighted by Gasteiger charge is 2.08.